The van der Waals surface area contributed by atoms with Crippen molar-refractivity contribution in [2.24, 2.45) is 0 Å². The van der Waals surface area contributed by atoms with E-state index in [1.165, 1.54) is 0 Å². The average Bonchev–Trinajstić information content (AvgIpc) is 2.43. The molecule has 100 valence electrons. The molecule has 0 saturated heterocycles. The molecule has 0 unspecified atom stereocenters. The van der Waals surface area contributed by atoms with Gasteiger partial charge >= 0.3 is 0 Å². The first-order chi connectivity index (χ1) is 9.54. The zero-order valence-corrected chi connectivity index (χ0v) is 13.1. The Morgan fingerprint density at radius 3 is 1.70 bits per heavy atom. The Morgan fingerprint density at radius 1 is 0.850 bits per heavy atom. The fourth-order valence-electron chi connectivity index (χ4n) is 2.20. The predicted molar refractivity (Wildman–Crippen MR) is 81.1 cm³/mol. The summed E-state index contributed by atoms with van der Waals surface area (Å²) < 4.78 is 5.77. The molecule has 0 aromatic heterocycles. The summed E-state index contributed by atoms with van der Waals surface area (Å²) in [5.74, 6) is 1.49. The van der Waals surface area contributed by atoms with Crippen LogP contribution in [0.1, 0.15) is 20.7 Å². The van der Waals surface area contributed by atoms with Gasteiger partial charge in [-0.15, -0.1) is 0 Å². The van der Waals surface area contributed by atoms with E-state index in [2.05, 4.69) is 0 Å². The van der Waals surface area contributed by atoms with E-state index in [1.54, 1.807) is 36.4 Å². The van der Waals surface area contributed by atoms with Gasteiger partial charge in [-0.1, -0.05) is 0 Å². The third-order valence-electron chi connectivity index (χ3n) is 3.18. The highest BCUT2D eigenvalue weighted by molar-refractivity contribution is 6.72. The van der Waals surface area contributed by atoms with Crippen molar-refractivity contribution < 1.29 is 14.3 Å². The SMILES string of the molecule is O=C(Cl)c1ccc2c(c1)[SiH2]c1cc(C(=O)Cl)ccc1O2. The van der Waals surface area contributed by atoms with E-state index in [4.69, 9.17) is 27.9 Å². The Bertz CT molecular complexity index is 682. The number of ether oxygens (including phenoxy) is 1. The maximum Gasteiger partial charge on any atom is 0.252 e. The molecule has 1 aliphatic heterocycles. The van der Waals surface area contributed by atoms with Crippen molar-refractivity contribution in [1.82, 2.24) is 0 Å². The lowest BCUT2D eigenvalue weighted by atomic mass is 10.2. The summed E-state index contributed by atoms with van der Waals surface area (Å²) in [4.78, 5) is 22.4. The van der Waals surface area contributed by atoms with Gasteiger partial charge in [-0.2, -0.15) is 0 Å². The van der Waals surface area contributed by atoms with Crippen molar-refractivity contribution in [3.63, 3.8) is 0 Å². The first-order valence-corrected chi connectivity index (χ1v) is 8.05. The Morgan fingerprint density at radius 2 is 1.30 bits per heavy atom. The van der Waals surface area contributed by atoms with Crippen LogP contribution in [-0.2, 0) is 0 Å². The van der Waals surface area contributed by atoms with Crippen LogP contribution in [0.25, 0.3) is 0 Å². The standard InChI is InChI=1S/C14H8Cl2O3Si/c15-13(17)7-1-3-9-11(5-7)20-12-6-8(14(16)18)2-4-10(12)19-9/h1-6H,20H2. The second-order valence-electron chi connectivity index (χ2n) is 4.47. The van der Waals surface area contributed by atoms with Gasteiger partial charge in [-0.25, -0.2) is 0 Å². The van der Waals surface area contributed by atoms with E-state index in [0.29, 0.717) is 11.1 Å². The number of hydrogen-bond acceptors (Lipinski definition) is 3. The van der Waals surface area contributed by atoms with E-state index in [-0.39, 0.29) is 0 Å². The number of hydrogen-bond donors (Lipinski definition) is 0. The molecule has 0 bridgehead atoms. The van der Waals surface area contributed by atoms with Crippen LogP contribution < -0.4 is 15.1 Å². The molecular formula is C14H8Cl2O3Si. The predicted octanol–water partition coefficient (Wildman–Crippen LogP) is 1.67. The van der Waals surface area contributed by atoms with Gasteiger partial charge in [0.25, 0.3) is 10.5 Å². The molecule has 2 aromatic carbocycles. The number of fused-ring (bicyclic) bond motifs is 2. The average molecular weight is 323 g/mol. The summed E-state index contributed by atoms with van der Waals surface area (Å²) in [6.07, 6.45) is 0. The summed E-state index contributed by atoms with van der Waals surface area (Å²) in [6.45, 7) is 0. The Hall–Kier alpha value is -1.62. The molecule has 20 heavy (non-hydrogen) atoms. The van der Waals surface area contributed by atoms with Crippen molar-refractivity contribution in [3.05, 3.63) is 47.5 Å². The molecule has 0 spiro atoms. The molecule has 0 fully saturated rings. The number of carbonyl (C=O) groups is 2. The maximum absolute atomic E-state index is 11.2. The molecule has 3 rings (SSSR count). The van der Waals surface area contributed by atoms with Crippen molar-refractivity contribution >= 4 is 53.6 Å². The van der Waals surface area contributed by atoms with Crippen molar-refractivity contribution in [2.75, 3.05) is 0 Å². The van der Waals surface area contributed by atoms with Crippen molar-refractivity contribution in [3.8, 4) is 11.5 Å². The summed E-state index contributed by atoms with van der Waals surface area (Å²) in [6, 6.07) is 10.3. The van der Waals surface area contributed by atoms with Crippen LogP contribution in [0.4, 0.5) is 0 Å². The fraction of sp³-hybridized carbons (Fsp3) is 0. The van der Waals surface area contributed by atoms with Crippen LogP contribution in [0.2, 0.25) is 0 Å². The lowest BCUT2D eigenvalue weighted by molar-refractivity contribution is 0.107. The molecule has 0 atom stereocenters. The molecule has 0 amide bonds. The van der Waals surface area contributed by atoms with Gasteiger partial charge in [0, 0.05) is 11.1 Å². The fourth-order valence-corrected chi connectivity index (χ4v) is 4.22. The quantitative estimate of drug-likeness (QED) is 0.532. The minimum atomic E-state index is -0.848. The van der Waals surface area contributed by atoms with Crippen LogP contribution >= 0.6 is 23.2 Å². The summed E-state index contributed by atoms with van der Waals surface area (Å²) in [5, 5.41) is 1.00. The number of carbonyl (C=O) groups excluding carboxylic acids is 2. The van der Waals surface area contributed by atoms with Gasteiger partial charge in [-0.05, 0) is 70.0 Å². The second kappa shape index (κ2) is 5.05. The van der Waals surface area contributed by atoms with Gasteiger partial charge < -0.3 is 4.74 Å². The summed E-state index contributed by atoms with van der Waals surface area (Å²) in [5.41, 5.74) is 0.907. The smallest absolute Gasteiger partial charge is 0.252 e. The summed E-state index contributed by atoms with van der Waals surface area (Å²) >= 11 is 11.0. The van der Waals surface area contributed by atoms with Gasteiger partial charge in [0.1, 0.15) is 11.5 Å². The largest absolute Gasteiger partial charge is 0.458 e. The van der Waals surface area contributed by atoms with Crippen LogP contribution in [0.15, 0.2) is 36.4 Å². The molecule has 1 heterocycles. The maximum atomic E-state index is 11.2. The van der Waals surface area contributed by atoms with Gasteiger partial charge in [0.15, 0.2) is 0 Å². The number of halogens is 2. The van der Waals surface area contributed by atoms with Gasteiger partial charge in [-0.3, -0.25) is 9.59 Å². The topological polar surface area (TPSA) is 43.4 Å². The normalized spacial score (nSPS) is 12.1. The van der Waals surface area contributed by atoms with E-state index < -0.39 is 20.0 Å². The molecule has 0 aliphatic carbocycles. The Balaban J connectivity index is 2.03. The molecule has 0 N–H and O–H groups in total. The van der Waals surface area contributed by atoms with Crippen LogP contribution in [0, 0.1) is 0 Å². The Labute approximate surface area is 127 Å². The number of benzene rings is 2. The minimum Gasteiger partial charge on any atom is -0.458 e. The third-order valence-corrected chi connectivity index (χ3v) is 5.48. The van der Waals surface area contributed by atoms with Crippen molar-refractivity contribution in [2.45, 2.75) is 0 Å². The highest BCUT2D eigenvalue weighted by atomic mass is 35.5. The molecule has 6 heteroatoms. The van der Waals surface area contributed by atoms with Gasteiger partial charge in [0.2, 0.25) is 0 Å². The van der Waals surface area contributed by atoms with E-state index in [0.717, 1.165) is 21.9 Å². The van der Waals surface area contributed by atoms with E-state index >= 15 is 0 Å². The molecule has 1 aliphatic rings. The highest BCUT2D eigenvalue weighted by Gasteiger charge is 2.19. The zero-order valence-electron chi connectivity index (χ0n) is 10.2. The lowest BCUT2D eigenvalue weighted by Gasteiger charge is -2.20. The molecule has 3 nitrogen and oxygen atoms in total. The molecule has 2 aromatic rings. The first kappa shape index (κ1) is 13.4. The zero-order chi connectivity index (χ0) is 14.3. The molecule has 0 radical (unpaired) electrons. The van der Waals surface area contributed by atoms with Gasteiger partial charge in [0.05, 0.1) is 9.52 Å². The minimum absolute atomic E-state index is 0.453. The number of rotatable bonds is 2. The van der Waals surface area contributed by atoms with Crippen LogP contribution in [-0.4, -0.2) is 20.0 Å². The van der Waals surface area contributed by atoms with E-state index in [1.807, 2.05) is 0 Å². The highest BCUT2D eigenvalue weighted by Crippen LogP contribution is 2.23. The van der Waals surface area contributed by atoms with Crippen LogP contribution in [0.3, 0.4) is 0 Å². The second-order valence-corrected chi connectivity index (χ2v) is 7.03. The third kappa shape index (κ3) is 2.38. The van der Waals surface area contributed by atoms with Crippen LogP contribution in [0.5, 0.6) is 11.5 Å². The molecular weight excluding hydrogens is 315 g/mol. The summed E-state index contributed by atoms with van der Waals surface area (Å²) in [7, 11) is -0.848. The Kier molecular flexibility index (Phi) is 3.37. The molecule has 0 saturated carbocycles. The monoisotopic (exact) mass is 322 g/mol. The van der Waals surface area contributed by atoms with Crippen molar-refractivity contribution in [1.29, 1.82) is 0 Å². The lowest BCUT2D eigenvalue weighted by Crippen LogP contribution is -2.34. The first-order valence-electron chi connectivity index (χ1n) is 5.88. The van der Waals surface area contributed by atoms with E-state index in [9.17, 15) is 9.59 Å².